The second-order valence-electron chi connectivity index (χ2n) is 7.59. The van der Waals surface area contributed by atoms with Gasteiger partial charge < -0.3 is 10.2 Å². The summed E-state index contributed by atoms with van der Waals surface area (Å²) in [5.74, 6) is 0.890. The maximum atomic E-state index is 12.3. The Bertz CT molecular complexity index is 718. The molecular weight excluding hydrogens is 320 g/mol. The van der Waals surface area contributed by atoms with Gasteiger partial charge in [-0.1, -0.05) is 48.0 Å². The largest absolute Gasteiger partial charge is 0.326 e. The molecular formula is C23H30N2O. The molecule has 1 aliphatic rings. The van der Waals surface area contributed by atoms with Crippen LogP contribution < -0.4 is 5.32 Å². The maximum absolute atomic E-state index is 12.3. The monoisotopic (exact) mass is 350 g/mol. The number of carbonyl (C=O) groups excluding carboxylic acids is 1. The number of likely N-dealkylation sites (tertiary alicyclic amines) is 1. The van der Waals surface area contributed by atoms with Crippen molar-refractivity contribution in [2.45, 2.75) is 39.5 Å². The molecule has 0 aliphatic carbocycles. The average Bonchev–Trinajstić information content (AvgIpc) is 2.64. The third-order valence-corrected chi connectivity index (χ3v) is 5.39. The van der Waals surface area contributed by atoms with E-state index in [2.05, 4.69) is 53.5 Å². The quantitative estimate of drug-likeness (QED) is 0.826. The van der Waals surface area contributed by atoms with Crippen molar-refractivity contribution in [2.75, 3.05) is 25.0 Å². The summed E-state index contributed by atoms with van der Waals surface area (Å²) in [7, 11) is 0. The van der Waals surface area contributed by atoms with Crippen LogP contribution in [0.1, 0.15) is 36.0 Å². The predicted molar refractivity (Wildman–Crippen MR) is 108 cm³/mol. The highest BCUT2D eigenvalue weighted by atomic mass is 16.1. The molecule has 0 aromatic heterocycles. The Labute approximate surface area is 157 Å². The Morgan fingerprint density at radius 2 is 1.81 bits per heavy atom. The Hall–Kier alpha value is -2.13. The van der Waals surface area contributed by atoms with Gasteiger partial charge in [0, 0.05) is 18.7 Å². The zero-order valence-corrected chi connectivity index (χ0v) is 16.0. The first-order valence-electron chi connectivity index (χ1n) is 9.73. The van der Waals surface area contributed by atoms with E-state index in [0.717, 1.165) is 36.8 Å². The van der Waals surface area contributed by atoms with Crippen LogP contribution in [-0.4, -0.2) is 30.4 Å². The Balaban J connectivity index is 1.38. The molecule has 26 heavy (non-hydrogen) atoms. The lowest BCUT2D eigenvalue weighted by Crippen LogP contribution is -2.36. The van der Waals surface area contributed by atoms with E-state index in [1.807, 2.05) is 19.1 Å². The number of amides is 1. The maximum Gasteiger partial charge on any atom is 0.225 e. The molecule has 1 fully saturated rings. The van der Waals surface area contributed by atoms with E-state index in [-0.39, 0.29) is 5.91 Å². The van der Waals surface area contributed by atoms with Crippen LogP contribution in [0.2, 0.25) is 0 Å². The Kier molecular flexibility index (Phi) is 6.45. The van der Waals surface area contributed by atoms with Gasteiger partial charge in [0.25, 0.3) is 0 Å². The molecule has 3 rings (SSSR count). The summed E-state index contributed by atoms with van der Waals surface area (Å²) in [6, 6.07) is 16.9. The molecule has 3 heteroatoms. The highest BCUT2D eigenvalue weighted by molar-refractivity contribution is 5.91. The first kappa shape index (κ1) is 18.7. The summed E-state index contributed by atoms with van der Waals surface area (Å²) >= 11 is 0. The van der Waals surface area contributed by atoms with Gasteiger partial charge in [0.2, 0.25) is 5.91 Å². The first-order chi connectivity index (χ1) is 12.6. The number of rotatable bonds is 6. The molecule has 0 saturated carbocycles. The minimum atomic E-state index is 0.114. The van der Waals surface area contributed by atoms with E-state index >= 15 is 0 Å². The van der Waals surface area contributed by atoms with Crippen molar-refractivity contribution in [2.24, 2.45) is 5.92 Å². The van der Waals surface area contributed by atoms with Gasteiger partial charge in [0.15, 0.2) is 0 Å². The highest BCUT2D eigenvalue weighted by Gasteiger charge is 2.19. The molecule has 0 atom stereocenters. The number of anilines is 1. The molecule has 0 bridgehead atoms. The van der Waals surface area contributed by atoms with Crippen LogP contribution in [0.4, 0.5) is 5.69 Å². The standard InChI is InChI=1S/C23H30N2O/c1-18-8-9-22(19(2)16-18)24-23(26)12-15-25-13-10-21(11-14-25)17-20-6-4-3-5-7-20/h3-9,16,21H,10-15,17H2,1-2H3,(H,24,26). The number of hydrogen-bond donors (Lipinski definition) is 1. The number of aryl methyl sites for hydroxylation is 2. The molecule has 1 N–H and O–H groups in total. The van der Waals surface area contributed by atoms with Crippen LogP contribution in [0.3, 0.4) is 0 Å². The third kappa shape index (κ3) is 5.43. The van der Waals surface area contributed by atoms with Gasteiger partial charge >= 0.3 is 0 Å². The second kappa shape index (κ2) is 9.00. The molecule has 0 spiro atoms. The van der Waals surface area contributed by atoms with Gasteiger partial charge in [-0.3, -0.25) is 4.79 Å². The van der Waals surface area contributed by atoms with E-state index in [9.17, 15) is 4.79 Å². The SMILES string of the molecule is Cc1ccc(NC(=O)CCN2CCC(Cc3ccccc3)CC2)c(C)c1. The fourth-order valence-corrected chi connectivity index (χ4v) is 3.79. The second-order valence-corrected chi connectivity index (χ2v) is 7.59. The van der Waals surface area contributed by atoms with Crippen LogP contribution in [0, 0.1) is 19.8 Å². The molecule has 1 aliphatic heterocycles. The van der Waals surface area contributed by atoms with Crippen molar-refractivity contribution in [3.05, 3.63) is 65.2 Å². The van der Waals surface area contributed by atoms with Gasteiger partial charge in [0.05, 0.1) is 0 Å². The predicted octanol–water partition coefficient (Wildman–Crippen LogP) is 4.59. The Morgan fingerprint density at radius 3 is 2.50 bits per heavy atom. The van der Waals surface area contributed by atoms with Crippen molar-refractivity contribution in [1.29, 1.82) is 0 Å². The van der Waals surface area contributed by atoms with Crippen molar-refractivity contribution in [1.82, 2.24) is 4.90 Å². The lowest BCUT2D eigenvalue weighted by molar-refractivity contribution is -0.116. The fraction of sp³-hybridized carbons (Fsp3) is 0.435. The zero-order chi connectivity index (χ0) is 18.4. The molecule has 0 unspecified atom stereocenters. The number of carbonyl (C=O) groups is 1. The van der Waals surface area contributed by atoms with E-state index in [0.29, 0.717) is 6.42 Å². The summed E-state index contributed by atoms with van der Waals surface area (Å²) in [6.07, 6.45) is 4.21. The fourth-order valence-electron chi connectivity index (χ4n) is 3.79. The number of nitrogens with one attached hydrogen (secondary N) is 1. The number of hydrogen-bond acceptors (Lipinski definition) is 2. The zero-order valence-electron chi connectivity index (χ0n) is 16.0. The van der Waals surface area contributed by atoms with Crippen molar-refractivity contribution >= 4 is 11.6 Å². The average molecular weight is 351 g/mol. The number of nitrogens with zero attached hydrogens (tertiary/aromatic N) is 1. The van der Waals surface area contributed by atoms with Gasteiger partial charge in [-0.2, -0.15) is 0 Å². The van der Waals surface area contributed by atoms with Crippen molar-refractivity contribution in [3.63, 3.8) is 0 Å². The lowest BCUT2D eigenvalue weighted by Gasteiger charge is -2.31. The molecule has 1 heterocycles. The van der Waals surface area contributed by atoms with E-state index in [1.54, 1.807) is 0 Å². The van der Waals surface area contributed by atoms with Gasteiger partial charge in [0.1, 0.15) is 0 Å². The first-order valence-corrected chi connectivity index (χ1v) is 9.73. The minimum Gasteiger partial charge on any atom is -0.326 e. The van der Waals surface area contributed by atoms with Gasteiger partial charge in [-0.25, -0.2) is 0 Å². The summed E-state index contributed by atoms with van der Waals surface area (Å²) in [5, 5.41) is 3.05. The molecule has 3 nitrogen and oxygen atoms in total. The topological polar surface area (TPSA) is 32.3 Å². The summed E-state index contributed by atoms with van der Waals surface area (Å²) in [6.45, 7) is 7.18. The van der Waals surface area contributed by atoms with E-state index in [4.69, 9.17) is 0 Å². The summed E-state index contributed by atoms with van der Waals surface area (Å²) in [4.78, 5) is 14.7. The molecule has 1 saturated heterocycles. The van der Waals surface area contributed by atoms with Crippen LogP contribution in [-0.2, 0) is 11.2 Å². The highest BCUT2D eigenvalue weighted by Crippen LogP contribution is 2.22. The number of benzene rings is 2. The summed E-state index contributed by atoms with van der Waals surface area (Å²) in [5.41, 5.74) is 4.72. The molecule has 138 valence electrons. The van der Waals surface area contributed by atoms with Crippen LogP contribution in [0.15, 0.2) is 48.5 Å². The minimum absolute atomic E-state index is 0.114. The molecule has 2 aromatic rings. The molecule has 2 aromatic carbocycles. The van der Waals surface area contributed by atoms with Gasteiger partial charge in [-0.15, -0.1) is 0 Å². The van der Waals surface area contributed by atoms with Crippen molar-refractivity contribution < 1.29 is 4.79 Å². The van der Waals surface area contributed by atoms with Crippen LogP contribution >= 0.6 is 0 Å². The molecule has 0 radical (unpaired) electrons. The Morgan fingerprint density at radius 1 is 1.08 bits per heavy atom. The summed E-state index contributed by atoms with van der Waals surface area (Å²) < 4.78 is 0. The third-order valence-electron chi connectivity index (χ3n) is 5.39. The molecule has 1 amide bonds. The van der Waals surface area contributed by atoms with Crippen LogP contribution in [0.5, 0.6) is 0 Å². The van der Waals surface area contributed by atoms with E-state index < -0.39 is 0 Å². The number of piperidine rings is 1. The normalized spacial score (nSPS) is 15.8. The lowest BCUT2D eigenvalue weighted by atomic mass is 9.90. The van der Waals surface area contributed by atoms with E-state index in [1.165, 1.54) is 30.4 Å². The van der Waals surface area contributed by atoms with Crippen LogP contribution in [0.25, 0.3) is 0 Å². The van der Waals surface area contributed by atoms with Crippen molar-refractivity contribution in [3.8, 4) is 0 Å². The van der Waals surface area contributed by atoms with Gasteiger partial charge in [-0.05, 0) is 69.3 Å². The smallest absolute Gasteiger partial charge is 0.225 e.